The minimum atomic E-state index is -0.0294. The molecule has 9 heteroatoms. The van der Waals surface area contributed by atoms with E-state index in [0.717, 1.165) is 30.3 Å². The Morgan fingerprint density at radius 3 is 2.71 bits per heavy atom. The molecule has 134 valence electrons. The summed E-state index contributed by atoms with van der Waals surface area (Å²) in [6, 6.07) is 1.96. The second-order valence-corrected chi connectivity index (χ2v) is 5.79. The summed E-state index contributed by atoms with van der Waals surface area (Å²) in [5, 5.41) is 7.73. The summed E-state index contributed by atoms with van der Waals surface area (Å²) < 4.78 is 3.75. The van der Waals surface area contributed by atoms with E-state index < -0.39 is 0 Å². The summed E-state index contributed by atoms with van der Waals surface area (Å²) >= 11 is 0. The smallest absolute Gasteiger partial charge is 0.245 e. The second kappa shape index (κ2) is 8.50. The third kappa shape index (κ3) is 4.09. The number of nitrogens with one attached hydrogen (secondary N) is 1. The summed E-state index contributed by atoms with van der Waals surface area (Å²) in [5.74, 6) is 0.995. The average molecular weight is 375 g/mol. The van der Waals surface area contributed by atoms with Crippen molar-refractivity contribution in [3.8, 4) is 0 Å². The lowest BCUT2D eigenvalue weighted by Gasteiger charge is -2.35. The number of carbonyl (C=O) groups is 1. The number of rotatable bonds is 3. The van der Waals surface area contributed by atoms with Crippen LogP contribution in [-0.2, 0) is 18.4 Å². The minimum absolute atomic E-state index is 0. The van der Waals surface area contributed by atoms with Gasteiger partial charge in [-0.2, -0.15) is 5.10 Å². The molecular weight excluding hydrogens is 351 g/mol. The second-order valence-electron chi connectivity index (χ2n) is 5.79. The Bertz CT molecular complexity index is 683. The third-order valence-electron chi connectivity index (χ3n) is 4.11. The van der Waals surface area contributed by atoms with Crippen LogP contribution in [0.15, 0.2) is 18.5 Å². The summed E-state index contributed by atoms with van der Waals surface area (Å²) in [6.07, 6.45) is 3.68. The molecule has 1 unspecified atom stereocenters. The van der Waals surface area contributed by atoms with Crippen molar-refractivity contribution in [2.75, 3.05) is 19.6 Å². The van der Waals surface area contributed by atoms with E-state index in [-0.39, 0.29) is 43.3 Å². The average Bonchev–Trinajstić information content (AvgIpc) is 3.04. The van der Waals surface area contributed by atoms with Gasteiger partial charge in [0.05, 0.1) is 5.69 Å². The molecule has 1 N–H and O–H groups in total. The number of amides is 1. The summed E-state index contributed by atoms with van der Waals surface area (Å²) in [4.78, 5) is 19.1. The fourth-order valence-electron chi connectivity index (χ4n) is 2.99. The van der Waals surface area contributed by atoms with Gasteiger partial charge >= 0.3 is 0 Å². The summed E-state index contributed by atoms with van der Waals surface area (Å²) in [5.41, 5.74) is 1.95. The molecule has 0 radical (unpaired) electrons. The van der Waals surface area contributed by atoms with Crippen LogP contribution in [0.4, 0.5) is 0 Å². The van der Waals surface area contributed by atoms with E-state index in [1.165, 1.54) is 0 Å². The van der Waals surface area contributed by atoms with Crippen LogP contribution in [0.3, 0.4) is 0 Å². The topological polar surface area (TPSA) is 68.0 Å². The van der Waals surface area contributed by atoms with E-state index in [1.807, 2.05) is 42.6 Å². The highest BCUT2D eigenvalue weighted by Crippen LogP contribution is 2.21. The van der Waals surface area contributed by atoms with E-state index in [9.17, 15) is 4.79 Å². The molecular formula is C15H24Cl2N6O. The first kappa shape index (κ1) is 20.5. The Morgan fingerprint density at radius 2 is 2.12 bits per heavy atom. The molecule has 1 atom stereocenters. The Labute approximate surface area is 154 Å². The fourth-order valence-corrected chi connectivity index (χ4v) is 2.99. The highest BCUT2D eigenvalue weighted by Gasteiger charge is 2.30. The zero-order chi connectivity index (χ0) is 15.7. The molecule has 3 rings (SSSR count). The molecule has 1 aliphatic heterocycles. The number of aryl methyl sites for hydroxylation is 3. The Morgan fingerprint density at radius 1 is 1.38 bits per heavy atom. The number of carbonyl (C=O) groups excluding carboxylic acids is 1. The van der Waals surface area contributed by atoms with Crippen LogP contribution in [0.2, 0.25) is 0 Å². The van der Waals surface area contributed by atoms with Crippen LogP contribution in [0, 0.1) is 13.8 Å². The normalized spacial score (nSPS) is 17.1. The molecule has 0 saturated carbocycles. The van der Waals surface area contributed by atoms with Gasteiger partial charge in [0, 0.05) is 44.8 Å². The molecule has 0 aliphatic carbocycles. The van der Waals surface area contributed by atoms with Crippen molar-refractivity contribution in [3.63, 3.8) is 0 Å². The third-order valence-corrected chi connectivity index (χ3v) is 4.11. The molecule has 7 nitrogen and oxygen atoms in total. The van der Waals surface area contributed by atoms with Crippen molar-refractivity contribution in [3.05, 3.63) is 35.7 Å². The van der Waals surface area contributed by atoms with Crippen molar-refractivity contribution in [1.82, 2.24) is 29.5 Å². The van der Waals surface area contributed by atoms with Crippen molar-refractivity contribution < 1.29 is 4.79 Å². The van der Waals surface area contributed by atoms with Gasteiger partial charge in [0.2, 0.25) is 5.91 Å². The molecule has 24 heavy (non-hydrogen) atoms. The minimum Gasteiger partial charge on any atom is -0.336 e. The number of piperazine rings is 1. The number of halogens is 2. The highest BCUT2D eigenvalue weighted by atomic mass is 35.5. The maximum Gasteiger partial charge on any atom is 0.245 e. The quantitative estimate of drug-likeness (QED) is 0.877. The van der Waals surface area contributed by atoms with Gasteiger partial charge in [-0.25, -0.2) is 4.98 Å². The zero-order valence-electron chi connectivity index (χ0n) is 14.1. The van der Waals surface area contributed by atoms with Crippen LogP contribution in [-0.4, -0.2) is 49.8 Å². The first-order chi connectivity index (χ1) is 10.6. The number of hydrogen-bond acceptors (Lipinski definition) is 4. The molecule has 1 amide bonds. The molecule has 0 bridgehead atoms. The molecule has 1 fully saturated rings. The van der Waals surface area contributed by atoms with Crippen molar-refractivity contribution >= 4 is 30.7 Å². The zero-order valence-corrected chi connectivity index (χ0v) is 15.7. The van der Waals surface area contributed by atoms with Crippen molar-refractivity contribution in [2.24, 2.45) is 7.05 Å². The van der Waals surface area contributed by atoms with Crippen LogP contribution in [0.25, 0.3) is 0 Å². The Hall–Kier alpha value is -1.57. The first-order valence-electron chi connectivity index (χ1n) is 7.54. The Balaban J connectivity index is 0.00000144. The first-order valence-corrected chi connectivity index (χ1v) is 7.54. The Kier molecular flexibility index (Phi) is 7.26. The standard InChI is InChI=1S/C15H22N6O.2ClH/c1-11-8-12(2)21(18-11)10-14(22)20-7-4-16-9-13(20)15-17-5-6-19(15)3;;/h5-6,8,13,16H,4,7,9-10H2,1-3H3;2*1H. The summed E-state index contributed by atoms with van der Waals surface area (Å²) in [7, 11) is 1.96. The van der Waals surface area contributed by atoms with Gasteiger partial charge in [0.25, 0.3) is 0 Å². The summed E-state index contributed by atoms with van der Waals surface area (Å²) in [6.45, 7) is 6.42. The maximum absolute atomic E-state index is 12.7. The number of hydrogen-bond donors (Lipinski definition) is 1. The molecule has 1 aliphatic rings. The van der Waals surface area contributed by atoms with Crippen LogP contribution < -0.4 is 5.32 Å². The van der Waals surface area contributed by atoms with Gasteiger partial charge in [-0.15, -0.1) is 24.8 Å². The van der Waals surface area contributed by atoms with E-state index in [1.54, 1.807) is 10.9 Å². The van der Waals surface area contributed by atoms with Gasteiger partial charge in [0.1, 0.15) is 18.4 Å². The lowest BCUT2D eigenvalue weighted by molar-refractivity contribution is -0.135. The van der Waals surface area contributed by atoms with E-state index in [4.69, 9.17) is 0 Å². The molecule has 2 aromatic heterocycles. The number of aromatic nitrogens is 4. The van der Waals surface area contributed by atoms with E-state index >= 15 is 0 Å². The van der Waals surface area contributed by atoms with Crippen LogP contribution >= 0.6 is 24.8 Å². The van der Waals surface area contributed by atoms with Crippen molar-refractivity contribution in [1.29, 1.82) is 0 Å². The van der Waals surface area contributed by atoms with Gasteiger partial charge in [-0.05, 0) is 19.9 Å². The van der Waals surface area contributed by atoms with Gasteiger partial charge in [-0.3, -0.25) is 9.48 Å². The predicted molar refractivity (Wildman–Crippen MR) is 96.7 cm³/mol. The maximum atomic E-state index is 12.7. The number of nitrogens with zero attached hydrogens (tertiary/aromatic N) is 5. The lowest BCUT2D eigenvalue weighted by atomic mass is 10.1. The molecule has 3 heterocycles. The number of imidazole rings is 1. The van der Waals surface area contributed by atoms with Gasteiger partial charge in [0.15, 0.2) is 0 Å². The van der Waals surface area contributed by atoms with E-state index in [2.05, 4.69) is 15.4 Å². The fraction of sp³-hybridized carbons (Fsp3) is 0.533. The largest absolute Gasteiger partial charge is 0.336 e. The predicted octanol–water partition coefficient (Wildman–Crippen LogP) is 1.25. The van der Waals surface area contributed by atoms with Crippen LogP contribution in [0.5, 0.6) is 0 Å². The molecule has 2 aromatic rings. The lowest BCUT2D eigenvalue weighted by Crippen LogP contribution is -2.50. The van der Waals surface area contributed by atoms with Crippen molar-refractivity contribution in [2.45, 2.75) is 26.4 Å². The molecule has 1 saturated heterocycles. The van der Waals surface area contributed by atoms with Gasteiger partial charge < -0.3 is 14.8 Å². The SMILES string of the molecule is Cc1cc(C)n(CC(=O)N2CCNCC2c2nccn2C)n1.Cl.Cl. The molecule has 0 spiro atoms. The monoisotopic (exact) mass is 374 g/mol. The highest BCUT2D eigenvalue weighted by molar-refractivity contribution is 5.85. The van der Waals surface area contributed by atoms with E-state index in [0.29, 0.717) is 6.54 Å². The van der Waals surface area contributed by atoms with Gasteiger partial charge in [-0.1, -0.05) is 0 Å². The van der Waals surface area contributed by atoms with Crippen LogP contribution in [0.1, 0.15) is 23.3 Å². The molecule has 0 aromatic carbocycles.